The molecule has 7 nitrogen and oxygen atoms in total. The molecule has 116 valence electrons. The Morgan fingerprint density at radius 1 is 1.30 bits per heavy atom. The summed E-state index contributed by atoms with van der Waals surface area (Å²) >= 11 is 2.26. The molecule has 0 saturated heterocycles. The Hall–Kier alpha value is -2.52. The van der Waals surface area contributed by atoms with E-state index < -0.39 is 4.92 Å². The predicted octanol–water partition coefficient (Wildman–Crippen LogP) is 3.95. The number of benzene rings is 1. The van der Waals surface area contributed by atoms with Gasteiger partial charge in [0.15, 0.2) is 10.1 Å². The van der Waals surface area contributed by atoms with Crippen molar-refractivity contribution in [1.82, 2.24) is 10.2 Å². The Kier molecular flexibility index (Phi) is 4.22. The van der Waals surface area contributed by atoms with Crippen LogP contribution >= 0.6 is 23.1 Å². The molecule has 0 aliphatic carbocycles. The van der Waals surface area contributed by atoms with Gasteiger partial charge in [0.1, 0.15) is 10.8 Å². The van der Waals surface area contributed by atoms with Crippen molar-refractivity contribution >= 4 is 33.9 Å². The normalized spacial score (nSPS) is 10.7. The zero-order chi connectivity index (χ0) is 16.4. The molecule has 0 fully saturated rings. The van der Waals surface area contributed by atoms with E-state index in [2.05, 4.69) is 10.2 Å². The lowest BCUT2D eigenvalue weighted by atomic mass is 10.1. The number of aromatic nitrogens is 2. The zero-order valence-electron chi connectivity index (χ0n) is 11.8. The van der Waals surface area contributed by atoms with Crippen molar-refractivity contribution in [2.24, 2.45) is 0 Å². The number of nitro groups is 1. The van der Waals surface area contributed by atoms with Gasteiger partial charge >= 0.3 is 0 Å². The number of thioether (sulfide) groups is 1. The maximum Gasteiger partial charge on any atom is 0.270 e. The first kappa shape index (κ1) is 15.4. The van der Waals surface area contributed by atoms with Crippen molar-refractivity contribution in [3.63, 3.8) is 0 Å². The molecular weight excluding hydrogens is 338 g/mol. The summed E-state index contributed by atoms with van der Waals surface area (Å²) in [5.41, 5.74) is 0.500. The van der Waals surface area contributed by atoms with Crippen LogP contribution in [-0.4, -0.2) is 20.2 Å². The lowest BCUT2D eigenvalue weighted by molar-refractivity contribution is -0.384. The van der Waals surface area contributed by atoms with Crippen molar-refractivity contribution in [2.45, 2.75) is 11.3 Å². The zero-order valence-corrected chi connectivity index (χ0v) is 13.4. The van der Waals surface area contributed by atoms with Crippen LogP contribution in [0.25, 0.3) is 11.3 Å². The number of carbonyl (C=O) groups excluding carboxylic acids is 1. The van der Waals surface area contributed by atoms with Gasteiger partial charge in [-0.25, -0.2) is 0 Å². The highest BCUT2D eigenvalue weighted by Gasteiger charge is 2.17. The maximum absolute atomic E-state index is 12.1. The second kappa shape index (κ2) is 6.31. The van der Waals surface area contributed by atoms with Crippen LogP contribution in [-0.2, 0) is 0 Å². The van der Waals surface area contributed by atoms with Gasteiger partial charge in [-0.15, -0.1) is 10.2 Å². The van der Waals surface area contributed by atoms with Gasteiger partial charge in [0.25, 0.3) is 10.8 Å². The summed E-state index contributed by atoms with van der Waals surface area (Å²) in [6.07, 6.45) is 0. The molecule has 0 saturated carbocycles. The third-order valence-corrected chi connectivity index (χ3v) is 4.61. The molecule has 0 unspecified atom stereocenters. The average molecular weight is 347 g/mol. The second-order valence-corrected chi connectivity index (χ2v) is 6.85. The van der Waals surface area contributed by atoms with Crippen LogP contribution in [0.1, 0.15) is 15.6 Å². The minimum atomic E-state index is -0.480. The smallest absolute Gasteiger partial charge is 0.270 e. The molecule has 0 bridgehead atoms. The highest BCUT2D eigenvalue weighted by molar-refractivity contribution is 8.15. The Bertz CT molecular complexity index is 888. The van der Waals surface area contributed by atoms with Crippen LogP contribution in [0.15, 0.2) is 45.2 Å². The van der Waals surface area contributed by atoms with Crippen LogP contribution < -0.4 is 0 Å². The molecular formula is C14H9N3O4S2. The van der Waals surface area contributed by atoms with Gasteiger partial charge in [0.05, 0.1) is 4.92 Å². The number of hydrogen-bond donors (Lipinski definition) is 0. The molecule has 9 heteroatoms. The summed E-state index contributed by atoms with van der Waals surface area (Å²) in [7, 11) is 0. The molecule has 0 N–H and O–H groups in total. The average Bonchev–Trinajstić information content (AvgIpc) is 3.16. The van der Waals surface area contributed by atoms with Crippen molar-refractivity contribution in [1.29, 1.82) is 0 Å². The number of aryl methyl sites for hydroxylation is 1. The third-order valence-electron chi connectivity index (χ3n) is 2.84. The minimum absolute atomic E-state index is 0.0366. The highest BCUT2D eigenvalue weighted by atomic mass is 32.2. The predicted molar refractivity (Wildman–Crippen MR) is 85.6 cm³/mol. The van der Waals surface area contributed by atoms with E-state index in [1.807, 2.05) is 0 Å². The van der Waals surface area contributed by atoms with Crippen LogP contribution in [0.4, 0.5) is 5.69 Å². The monoisotopic (exact) mass is 347 g/mol. The topological polar surface area (TPSA) is 99.1 Å². The molecule has 2 heterocycles. The molecule has 0 spiro atoms. The van der Waals surface area contributed by atoms with Crippen LogP contribution in [0, 0.1) is 17.0 Å². The highest BCUT2D eigenvalue weighted by Crippen LogP contribution is 2.30. The van der Waals surface area contributed by atoms with Crippen LogP contribution in [0.5, 0.6) is 0 Å². The summed E-state index contributed by atoms with van der Waals surface area (Å²) in [6.45, 7) is 1.81. The Labute approximate surface area is 138 Å². The van der Waals surface area contributed by atoms with E-state index in [0.717, 1.165) is 16.8 Å². The number of nitro benzene ring substituents is 1. The first-order valence-corrected chi connectivity index (χ1v) is 8.03. The summed E-state index contributed by atoms with van der Waals surface area (Å²) in [5, 5.41) is 19.0. The Balaban J connectivity index is 1.81. The van der Waals surface area contributed by atoms with Gasteiger partial charge in [-0.1, -0.05) is 23.5 Å². The summed E-state index contributed by atoms with van der Waals surface area (Å²) in [6, 6.07) is 9.19. The van der Waals surface area contributed by atoms with Gasteiger partial charge in [-0.05, 0) is 30.8 Å². The van der Waals surface area contributed by atoms with Gasteiger partial charge in [0.2, 0.25) is 0 Å². The van der Waals surface area contributed by atoms with E-state index in [9.17, 15) is 14.9 Å². The van der Waals surface area contributed by atoms with E-state index in [1.165, 1.54) is 29.5 Å². The summed E-state index contributed by atoms with van der Waals surface area (Å²) < 4.78 is 6.05. The molecule has 23 heavy (non-hydrogen) atoms. The second-order valence-electron chi connectivity index (χ2n) is 4.45. The van der Waals surface area contributed by atoms with Crippen molar-refractivity contribution in [3.05, 3.63) is 57.3 Å². The van der Waals surface area contributed by atoms with Crippen molar-refractivity contribution < 1.29 is 14.1 Å². The number of non-ortho nitro benzene ring substituents is 1. The fourth-order valence-corrected chi connectivity index (χ4v) is 3.45. The number of nitrogens with zero attached hydrogens (tertiary/aromatic N) is 3. The molecule has 3 aromatic rings. The maximum atomic E-state index is 12.1. The van der Waals surface area contributed by atoms with Crippen molar-refractivity contribution in [3.8, 4) is 11.3 Å². The Morgan fingerprint density at radius 3 is 2.83 bits per heavy atom. The third kappa shape index (κ3) is 3.46. The van der Waals surface area contributed by atoms with Gasteiger partial charge in [-0.3, -0.25) is 14.9 Å². The molecule has 0 radical (unpaired) electrons. The number of carbonyl (C=O) groups is 1. The number of furan rings is 1. The van der Waals surface area contributed by atoms with Gasteiger partial charge < -0.3 is 4.42 Å². The van der Waals surface area contributed by atoms with E-state index in [4.69, 9.17) is 4.42 Å². The number of hydrogen-bond acceptors (Lipinski definition) is 8. The summed E-state index contributed by atoms with van der Waals surface area (Å²) in [5.74, 6) is 0.551. The van der Waals surface area contributed by atoms with E-state index in [1.54, 1.807) is 25.1 Å². The molecule has 2 aromatic heterocycles. The van der Waals surface area contributed by atoms with Gasteiger partial charge in [-0.2, -0.15) is 0 Å². The van der Waals surface area contributed by atoms with E-state index >= 15 is 0 Å². The van der Waals surface area contributed by atoms with Crippen LogP contribution in [0.3, 0.4) is 0 Å². The molecule has 0 amide bonds. The first-order chi connectivity index (χ1) is 11.0. The number of rotatable bonds is 4. The fraction of sp³-hybridized carbons (Fsp3) is 0.0714. The quantitative estimate of drug-likeness (QED) is 0.400. The molecule has 1 aromatic carbocycles. The van der Waals surface area contributed by atoms with E-state index in [-0.39, 0.29) is 16.6 Å². The fourth-order valence-electron chi connectivity index (χ4n) is 1.82. The Morgan fingerprint density at radius 2 is 2.13 bits per heavy atom. The molecule has 0 atom stereocenters. The minimum Gasteiger partial charge on any atom is -0.452 e. The SMILES string of the molecule is Cc1nnc(SC(=O)c2ccc(-c3cccc([N+](=O)[O-])c3)o2)s1. The van der Waals surface area contributed by atoms with Gasteiger partial charge in [0, 0.05) is 17.7 Å². The standard InChI is InChI=1S/C14H9N3O4S2/c1-8-15-16-14(22-8)23-13(18)12-6-5-11(21-12)9-3-2-4-10(7-9)17(19)20/h2-7H,1H3. The molecule has 0 aliphatic rings. The van der Waals surface area contributed by atoms with E-state index in [0.29, 0.717) is 15.7 Å². The largest absolute Gasteiger partial charge is 0.452 e. The summed E-state index contributed by atoms with van der Waals surface area (Å²) in [4.78, 5) is 22.5. The van der Waals surface area contributed by atoms with Crippen molar-refractivity contribution in [2.75, 3.05) is 0 Å². The first-order valence-electron chi connectivity index (χ1n) is 6.40. The lowest BCUT2D eigenvalue weighted by Crippen LogP contribution is -1.90. The lowest BCUT2D eigenvalue weighted by Gasteiger charge is -1.97. The molecule has 0 aliphatic heterocycles. The molecule has 3 rings (SSSR count). The van der Waals surface area contributed by atoms with Crippen LogP contribution in [0.2, 0.25) is 0 Å².